The smallest absolute Gasteiger partial charge is 0.257 e. The summed E-state index contributed by atoms with van der Waals surface area (Å²) in [4.78, 5) is 42.0. The second kappa shape index (κ2) is 14.3. The number of benzene rings is 3. The van der Waals surface area contributed by atoms with E-state index in [1.165, 1.54) is 0 Å². The highest BCUT2D eigenvalue weighted by Gasteiger charge is 2.35. The SMILES string of the molecule is C=C1CC2C=Nc3cc(OCc4cc(COc5cc6c(cc5OC)C(=O)N5CC(=C)CC5C=N6)cc(N(C)CC(C)(C)S)c4)c(OC)cc3C(=O)N2C1. The maximum Gasteiger partial charge on any atom is 0.257 e. The molecule has 2 fully saturated rings. The van der Waals surface area contributed by atoms with Gasteiger partial charge in [0.15, 0.2) is 23.0 Å². The van der Waals surface area contributed by atoms with Crippen molar-refractivity contribution in [2.45, 2.75) is 56.7 Å². The lowest BCUT2D eigenvalue weighted by molar-refractivity contribution is 0.0769. The third-order valence-corrected chi connectivity index (χ3v) is 9.93. The Balaban J connectivity index is 1.15. The molecule has 3 aromatic rings. The van der Waals surface area contributed by atoms with Gasteiger partial charge in [-0.15, -0.1) is 0 Å². The van der Waals surface area contributed by atoms with Crippen LogP contribution >= 0.6 is 12.6 Å². The topological polar surface area (TPSA) is 105 Å². The first-order valence-electron chi connectivity index (χ1n) is 17.6. The lowest BCUT2D eigenvalue weighted by Gasteiger charge is -2.28. The molecule has 12 heteroatoms. The molecule has 4 aliphatic heterocycles. The molecule has 4 aliphatic rings. The lowest BCUT2D eigenvalue weighted by atomic mass is 10.1. The number of fused-ring (bicyclic) bond motifs is 4. The molecule has 0 saturated carbocycles. The number of thiol groups is 1. The summed E-state index contributed by atoms with van der Waals surface area (Å²) >= 11 is 4.77. The Morgan fingerprint density at radius 3 is 1.62 bits per heavy atom. The molecule has 3 aromatic carbocycles. The van der Waals surface area contributed by atoms with Crippen molar-refractivity contribution in [1.29, 1.82) is 0 Å². The number of anilines is 1. The molecule has 53 heavy (non-hydrogen) atoms. The molecule has 11 nitrogen and oxygen atoms in total. The summed E-state index contributed by atoms with van der Waals surface area (Å²) < 4.78 is 23.9. The summed E-state index contributed by atoms with van der Waals surface area (Å²) in [6, 6.07) is 12.9. The Morgan fingerprint density at radius 2 is 1.21 bits per heavy atom. The van der Waals surface area contributed by atoms with Gasteiger partial charge in [-0.2, -0.15) is 12.6 Å². The van der Waals surface area contributed by atoms with E-state index in [9.17, 15) is 9.59 Å². The fraction of sp³-hybridized carbons (Fsp3) is 0.366. The van der Waals surface area contributed by atoms with Crippen molar-refractivity contribution in [2.24, 2.45) is 9.98 Å². The van der Waals surface area contributed by atoms with Gasteiger partial charge in [-0.05, 0) is 68.1 Å². The van der Waals surface area contributed by atoms with Crippen LogP contribution in [0.2, 0.25) is 0 Å². The van der Waals surface area contributed by atoms with Crippen LogP contribution in [-0.2, 0) is 13.2 Å². The van der Waals surface area contributed by atoms with E-state index >= 15 is 0 Å². The van der Waals surface area contributed by atoms with Gasteiger partial charge in [-0.1, -0.05) is 24.3 Å². The highest BCUT2D eigenvalue weighted by molar-refractivity contribution is 7.81. The quantitative estimate of drug-likeness (QED) is 0.167. The molecule has 0 aliphatic carbocycles. The highest BCUT2D eigenvalue weighted by atomic mass is 32.1. The van der Waals surface area contributed by atoms with Crippen LogP contribution in [0.5, 0.6) is 23.0 Å². The molecule has 7 rings (SSSR count). The van der Waals surface area contributed by atoms with Crippen LogP contribution in [0, 0.1) is 0 Å². The molecule has 0 radical (unpaired) electrons. The molecule has 0 aromatic heterocycles. The van der Waals surface area contributed by atoms with Gasteiger partial charge < -0.3 is 33.6 Å². The van der Waals surface area contributed by atoms with Crippen molar-refractivity contribution >= 4 is 53.9 Å². The van der Waals surface area contributed by atoms with Crippen LogP contribution in [0.25, 0.3) is 0 Å². The van der Waals surface area contributed by atoms with E-state index in [2.05, 4.69) is 54.0 Å². The van der Waals surface area contributed by atoms with Crippen LogP contribution in [0.4, 0.5) is 17.1 Å². The summed E-state index contributed by atoms with van der Waals surface area (Å²) in [5, 5.41) is 0. The van der Waals surface area contributed by atoms with Gasteiger partial charge in [0, 0.05) is 61.7 Å². The van der Waals surface area contributed by atoms with Crippen molar-refractivity contribution in [3.63, 3.8) is 0 Å². The Labute approximate surface area is 316 Å². The van der Waals surface area contributed by atoms with Gasteiger partial charge in [0.1, 0.15) is 13.2 Å². The first kappa shape index (κ1) is 36.1. The molecule has 2 unspecified atom stereocenters. The van der Waals surface area contributed by atoms with Gasteiger partial charge in [-0.3, -0.25) is 19.6 Å². The zero-order valence-electron chi connectivity index (χ0n) is 30.8. The molecule has 0 spiro atoms. The first-order chi connectivity index (χ1) is 25.3. The molecule has 2 amide bonds. The molecular weight excluding hydrogens is 691 g/mol. The van der Waals surface area contributed by atoms with Crippen LogP contribution in [-0.4, -0.2) is 91.8 Å². The monoisotopic (exact) mass is 735 g/mol. The Morgan fingerprint density at radius 1 is 0.755 bits per heavy atom. The molecule has 4 heterocycles. The second-order valence-electron chi connectivity index (χ2n) is 14.8. The second-order valence-corrected chi connectivity index (χ2v) is 16.0. The summed E-state index contributed by atoms with van der Waals surface area (Å²) in [6.45, 7) is 14.4. The van der Waals surface area contributed by atoms with Crippen LogP contribution in [0.1, 0.15) is 58.5 Å². The molecule has 0 bridgehead atoms. The van der Waals surface area contributed by atoms with Crippen molar-refractivity contribution in [2.75, 3.05) is 45.8 Å². The number of ether oxygens (including phenoxy) is 4. The average molecular weight is 736 g/mol. The minimum Gasteiger partial charge on any atom is -0.493 e. The number of nitrogens with zero attached hydrogens (tertiary/aromatic N) is 5. The predicted octanol–water partition coefficient (Wildman–Crippen LogP) is 6.98. The van der Waals surface area contributed by atoms with Gasteiger partial charge in [0.25, 0.3) is 11.8 Å². The van der Waals surface area contributed by atoms with Crippen molar-refractivity contribution in [3.8, 4) is 23.0 Å². The van der Waals surface area contributed by atoms with Crippen molar-refractivity contribution in [3.05, 3.63) is 89.0 Å². The normalized spacial score (nSPS) is 19.0. The first-order valence-corrected chi connectivity index (χ1v) is 18.0. The Bertz CT molecular complexity index is 1940. The van der Waals surface area contributed by atoms with E-state index in [1.54, 1.807) is 48.3 Å². The summed E-state index contributed by atoms with van der Waals surface area (Å²) in [7, 11) is 5.14. The number of amides is 2. The van der Waals surface area contributed by atoms with Crippen LogP contribution in [0.3, 0.4) is 0 Å². The summed E-state index contributed by atoms with van der Waals surface area (Å²) in [5.41, 5.74) is 6.78. The van der Waals surface area contributed by atoms with Crippen LogP contribution < -0.4 is 23.8 Å². The zero-order valence-corrected chi connectivity index (χ0v) is 31.7. The van der Waals surface area contributed by atoms with Gasteiger partial charge in [-0.25, -0.2) is 0 Å². The number of carbonyl (C=O) groups excluding carboxylic acids is 2. The molecular formula is C41H45N5O6S. The van der Waals surface area contributed by atoms with E-state index < -0.39 is 0 Å². The number of hydrogen-bond donors (Lipinski definition) is 1. The Kier molecular flexibility index (Phi) is 9.75. The van der Waals surface area contributed by atoms with Gasteiger partial charge >= 0.3 is 0 Å². The largest absolute Gasteiger partial charge is 0.493 e. The van der Waals surface area contributed by atoms with E-state index in [-0.39, 0.29) is 41.9 Å². The third kappa shape index (κ3) is 7.50. The van der Waals surface area contributed by atoms with E-state index in [4.69, 9.17) is 31.6 Å². The summed E-state index contributed by atoms with van der Waals surface area (Å²) in [5.74, 6) is 1.64. The number of rotatable bonds is 11. The minimum atomic E-state index is -0.247. The third-order valence-electron chi connectivity index (χ3n) is 9.79. The average Bonchev–Trinajstić information content (AvgIpc) is 3.63. The molecule has 276 valence electrons. The fourth-order valence-electron chi connectivity index (χ4n) is 7.33. The van der Waals surface area contributed by atoms with E-state index in [0.717, 1.165) is 28.0 Å². The zero-order chi connectivity index (χ0) is 37.6. The van der Waals surface area contributed by atoms with Gasteiger partial charge in [0.2, 0.25) is 0 Å². The maximum absolute atomic E-state index is 13.5. The van der Waals surface area contributed by atoms with E-state index in [0.29, 0.717) is 78.0 Å². The van der Waals surface area contributed by atoms with Crippen molar-refractivity contribution < 1.29 is 28.5 Å². The predicted molar refractivity (Wildman–Crippen MR) is 211 cm³/mol. The standard InChI is InChI=1S/C41H45N5O6S/c1-24-8-29-17-42-33-15-37(35(49-6)13-31(33)39(47)45(29)19-24)51-21-26-10-27(12-28(11-26)44(5)23-41(3,4)53)22-52-38-16-34-32(14-36(38)50-7)40(48)46-20-25(2)9-30(46)18-43-34/h10-18,29-30,53H,1-2,8-9,19-23H2,3-7H3. The minimum absolute atomic E-state index is 0.102. The molecule has 2 atom stereocenters. The number of methoxy groups -OCH3 is 2. The summed E-state index contributed by atoms with van der Waals surface area (Å²) in [6.07, 6.45) is 5.04. The lowest BCUT2D eigenvalue weighted by Crippen LogP contribution is -2.35. The molecule has 0 N–H and O–H groups in total. The molecule has 2 saturated heterocycles. The highest BCUT2D eigenvalue weighted by Crippen LogP contribution is 2.41. The number of hydrogen-bond acceptors (Lipinski definition) is 10. The van der Waals surface area contributed by atoms with Crippen LogP contribution in [0.15, 0.2) is 76.8 Å². The maximum atomic E-state index is 13.5. The number of carbonyl (C=O) groups is 2. The van der Waals surface area contributed by atoms with Crippen molar-refractivity contribution in [1.82, 2.24) is 9.80 Å². The van der Waals surface area contributed by atoms with Gasteiger partial charge in [0.05, 0.1) is 48.8 Å². The van der Waals surface area contributed by atoms with E-state index in [1.807, 2.05) is 25.5 Å². The Hall–Kier alpha value is -5.23. The fourth-order valence-corrected chi connectivity index (χ4v) is 7.55. The number of aliphatic imine (C=N–C) groups is 2.